The monoisotopic (exact) mass is 321 g/mol. The summed E-state index contributed by atoms with van der Waals surface area (Å²) in [7, 11) is 1.64. The van der Waals surface area contributed by atoms with Crippen LogP contribution in [0.2, 0.25) is 5.02 Å². The Bertz CT molecular complexity index is 667. The summed E-state index contributed by atoms with van der Waals surface area (Å²) in [5.41, 5.74) is 2.19. The standard InChI is InChI=1S/C16H20ClN3O2/c1-4-20-15(14(17)11(2)19-20)16(21)18-9-8-12-6-5-7-13(10-12)22-3/h5-7,10H,4,8-9H2,1-3H3,(H,18,21). The Morgan fingerprint density at radius 1 is 1.45 bits per heavy atom. The first-order valence-corrected chi connectivity index (χ1v) is 7.58. The summed E-state index contributed by atoms with van der Waals surface area (Å²) < 4.78 is 6.81. The number of halogens is 1. The molecular weight excluding hydrogens is 302 g/mol. The van der Waals surface area contributed by atoms with Gasteiger partial charge in [-0.15, -0.1) is 0 Å². The topological polar surface area (TPSA) is 56.2 Å². The van der Waals surface area contributed by atoms with Crippen molar-refractivity contribution >= 4 is 17.5 Å². The number of hydrogen-bond donors (Lipinski definition) is 1. The second-order valence-electron chi connectivity index (χ2n) is 4.92. The summed E-state index contributed by atoms with van der Waals surface area (Å²) in [5.74, 6) is 0.613. The number of methoxy groups -OCH3 is 1. The predicted octanol–water partition coefficient (Wildman–Crippen LogP) is 2.85. The van der Waals surface area contributed by atoms with Gasteiger partial charge in [-0.1, -0.05) is 23.7 Å². The van der Waals surface area contributed by atoms with Crippen molar-refractivity contribution in [2.24, 2.45) is 0 Å². The van der Waals surface area contributed by atoms with Gasteiger partial charge >= 0.3 is 0 Å². The number of rotatable bonds is 6. The number of carbonyl (C=O) groups excluding carboxylic acids is 1. The van der Waals surface area contributed by atoms with Crippen LogP contribution in [0.5, 0.6) is 5.75 Å². The summed E-state index contributed by atoms with van der Waals surface area (Å²) in [6, 6.07) is 7.79. The molecule has 0 aliphatic carbocycles. The van der Waals surface area contributed by atoms with Crippen LogP contribution in [0, 0.1) is 6.92 Å². The quantitative estimate of drug-likeness (QED) is 0.890. The van der Waals surface area contributed by atoms with Crippen molar-refractivity contribution < 1.29 is 9.53 Å². The molecule has 2 aromatic rings. The van der Waals surface area contributed by atoms with Gasteiger partial charge in [-0.25, -0.2) is 0 Å². The minimum absolute atomic E-state index is 0.199. The van der Waals surface area contributed by atoms with Crippen molar-refractivity contribution in [3.63, 3.8) is 0 Å². The first-order chi connectivity index (χ1) is 10.6. The normalized spacial score (nSPS) is 10.5. The van der Waals surface area contributed by atoms with Crippen molar-refractivity contribution in [3.8, 4) is 5.75 Å². The molecule has 0 saturated heterocycles. The maximum atomic E-state index is 12.3. The molecule has 0 bridgehead atoms. The molecule has 1 heterocycles. The van der Waals surface area contributed by atoms with Crippen molar-refractivity contribution in [3.05, 3.63) is 46.2 Å². The Kier molecular flexibility index (Phi) is 5.44. The second kappa shape index (κ2) is 7.31. The molecule has 1 aromatic heterocycles. The van der Waals surface area contributed by atoms with Crippen LogP contribution in [-0.2, 0) is 13.0 Å². The Balaban J connectivity index is 1.98. The predicted molar refractivity (Wildman–Crippen MR) is 86.7 cm³/mol. The van der Waals surface area contributed by atoms with Crippen LogP contribution in [0.3, 0.4) is 0 Å². The average Bonchev–Trinajstić information content (AvgIpc) is 2.82. The largest absolute Gasteiger partial charge is 0.497 e. The van der Waals surface area contributed by atoms with Gasteiger partial charge in [-0.2, -0.15) is 5.10 Å². The van der Waals surface area contributed by atoms with Crippen molar-refractivity contribution in [1.82, 2.24) is 15.1 Å². The fraction of sp³-hybridized carbons (Fsp3) is 0.375. The smallest absolute Gasteiger partial charge is 0.271 e. The van der Waals surface area contributed by atoms with Gasteiger partial charge in [0.2, 0.25) is 0 Å². The average molecular weight is 322 g/mol. The number of nitrogens with one attached hydrogen (secondary N) is 1. The van der Waals surface area contributed by atoms with E-state index < -0.39 is 0 Å². The fourth-order valence-electron chi connectivity index (χ4n) is 2.24. The maximum Gasteiger partial charge on any atom is 0.271 e. The van der Waals surface area contributed by atoms with Crippen molar-refractivity contribution in [2.45, 2.75) is 26.8 Å². The zero-order chi connectivity index (χ0) is 16.1. The number of aryl methyl sites for hydroxylation is 2. The number of ether oxygens (including phenoxy) is 1. The third-order valence-corrected chi connectivity index (χ3v) is 3.85. The molecule has 0 radical (unpaired) electrons. The third-order valence-electron chi connectivity index (χ3n) is 3.40. The van der Waals surface area contributed by atoms with E-state index in [1.165, 1.54) is 0 Å². The molecular formula is C16H20ClN3O2. The minimum atomic E-state index is -0.199. The van der Waals surface area contributed by atoms with E-state index in [9.17, 15) is 4.79 Å². The van der Waals surface area contributed by atoms with Crippen LogP contribution in [0.25, 0.3) is 0 Å². The molecule has 0 unspecified atom stereocenters. The van der Waals surface area contributed by atoms with E-state index in [2.05, 4.69) is 10.4 Å². The highest BCUT2D eigenvalue weighted by molar-refractivity contribution is 6.34. The van der Waals surface area contributed by atoms with Crippen LogP contribution in [0.1, 0.15) is 28.7 Å². The van der Waals surface area contributed by atoms with Crippen LogP contribution in [-0.4, -0.2) is 29.3 Å². The van der Waals surface area contributed by atoms with Gasteiger partial charge in [0.1, 0.15) is 11.4 Å². The van der Waals surface area contributed by atoms with E-state index in [-0.39, 0.29) is 5.91 Å². The van der Waals surface area contributed by atoms with Gasteiger partial charge in [0, 0.05) is 13.1 Å². The highest BCUT2D eigenvalue weighted by Gasteiger charge is 2.19. The van der Waals surface area contributed by atoms with E-state index in [1.807, 2.05) is 31.2 Å². The first-order valence-electron chi connectivity index (χ1n) is 7.20. The Morgan fingerprint density at radius 2 is 2.23 bits per heavy atom. The first kappa shape index (κ1) is 16.4. The molecule has 6 heteroatoms. The molecule has 5 nitrogen and oxygen atoms in total. The summed E-state index contributed by atoms with van der Waals surface area (Å²) in [5, 5.41) is 7.55. The second-order valence-corrected chi connectivity index (χ2v) is 5.30. The number of amides is 1. The van der Waals surface area contributed by atoms with Gasteiger partial charge in [0.15, 0.2) is 0 Å². The van der Waals surface area contributed by atoms with Gasteiger partial charge in [-0.3, -0.25) is 9.48 Å². The van der Waals surface area contributed by atoms with Crippen LogP contribution >= 0.6 is 11.6 Å². The molecule has 2 rings (SSSR count). The minimum Gasteiger partial charge on any atom is -0.497 e. The summed E-state index contributed by atoms with van der Waals surface area (Å²) in [6.07, 6.45) is 0.722. The molecule has 0 atom stereocenters. The number of benzene rings is 1. The fourth-order valence-corrected chi connectivity index (χ4v) is 2.46. The number of aromatic nitrogens is 2. The zero-order valence-corrected chi connectivity index (χ0v) is 13.8. The number of carbonyl (C=O) groups is 1. The van der Waals surface area contributed by atoms with Crippen molar-refractivity contribution in [2.75, 3.05) is 13.7 Å². The molecule has 0 spiro atoms. The third kappa shape index (κ3) is 3.60. The molecule has 0 saturated carbocycles. The van der Waals surface area contributed by atoms with Crippen LogP contribution in [0.4, 0.5) is 0 Å². The lowest BCUT2D eigenvalue weighted by Crippen LogP contribution is -2.28. The van der Waals surface area contributed by atoms with E-state index in [0.717, 1.165) is 17.7 Å². The molecule has 1 amide bonds. The Labute approximate surface area is 135 Å². The van der Waals surface area contributed by atoms with Gasteiger partial charge < -0.3 is 10.1 Å². The molecule has 1 aromatic carbocycles. The van der Waals surface area contributed by atoms with E-state index >= 15 is 0 Å². The lowest BCUT2D eigenvalue weighted by atomic mass is 10.1. The molecule has 118 valence electrons. The lowest BCUT2D eigenvalue weighted by molar-refractivity contribution is 0.0943. The van der Waals surface area contributed by atoms with Crippen molar-refractivity contribution in [1.29, 1.82) is 0 Å². The molecule has 0 aliphatic rings. The molecule has 22 heavy (non-hydrogen) atoms. The summed E-state index contributed by atoms with van der Waals surface area (Å²) >= 11 is 6.16. The van der Waals surface area contributed by atoms with Crippen LogP contribution in [0.15, 0.2) is 24.3 Å². The number of nitrogens with zero attached hydrogens (tertiary/aromatic N) is 2. The summed E-state index contributed by atoms with van der Waals surface area (Å²) in [4.78, 5) is 12.3. The Hall–Kier alpha value is -2.01. The van der Waals surface area contributed by atoms with E-state index in [1.54, 1.807) is 18.7 Å². The van der Waals surface area contributed by atoms with E-state index in [4.69, 9.17) is 16.3 Å². The van der Waals surface area contributed by atoms with Gasteiger partial charge in [-0.05, 0) is 38.0 Å². The number of hydrogen-bond acceptors (Lipinski definition) is 3. The zero-order valence-electron chi connectivity index (χ0n) is 13.0. The highest BCUT2D eigenvalue weighted by atomic mass is 35.5. The molecule has 0 fully saturated rings. The summed E-state index contributed by atoms with van der Waals surface area (Å²) in [6.45, 7) is 4.85. The van der Waals surface area contributed by atoms with Gasteiger partial charge in [0.25, 0.3) is 5.91 Å². The van der Waals surface area contributed by atoms with Gasteiger partial charge in [0.05, 0.1) is 17.8 Å². The lowest BCUT2D eigenvalue weighted by Gasteiger charge is -2.08. The maximum absolute atomic E-state index is 12.3. The van der Waals surface area contributed by atoms with Crippen LogP contribution < -0.4 is 10.1 Å². The SMILES string of the molecule is CCn1nc(C)c(Cl)c1C(=O)NCCc1cccc(OC)c1. The Morgan fingerprint density at radius 3 is 2.91 bits per heavy atom. The molecule has 0 aliphatic heterocycles. The highest BCUT2D eigenvalue weighted by Crippen LogP contribution is 2.20. The van der Waals surface area contributed by atoms with E-state index in [0.29, 0.717) is 29.5 Å². The molecule has 1 N–H and O–H groups in total.